The van der Waals surface area contributed by atoms with E-state index in [1.165, 1.54) is 0 Å². The van der Waals surface area contributed by atoms with E-state index in [1.807, 2.05) is 54.6 Å². The average molecular weight is 347 g/mol. The number of amides is 1. The lowest BCUT2D eigenvalue weighted by Crippen LogP contribution is -2.22. The Balaban J connectivity index is 0.00000208. The third-order valence-electron chi connectivity index (χ3n) is 4.04. The zero-order chi connectivity index (χ0) is 16.1. The molecule has 1 atom stereocenters. The lowest BCUT2D eigenvalue weighted by atomic mass is 9.93. The fourth-order valence-corrected chi connectivity index (χ4v) is 2.76. The van der Waals surface area contributed by atoms with Gasteiger partial charge in [0, 0.05) is 12.2 Å². The Bertz CT molecular complexity index is 642. The summed E-state index contributed by atoms with van der Waals surface area (Å²) >= 11 is 0. The topological polar surface area (TPSA) is 64.3 Å². The summed E-state index contributed by atoms with van der Waals surface area (Å²) in [5.74, 6) is 1.22. The van der Waals surface area contributed by atoms with Crippen LogP contribution in [0.15, 0.2) is 54.6 Å². The minimum Gasteiger partial charge on any atom is -0.492 e. The van der Waals surface area contributed by atoms with Crippen molar-refractivity contribution in [2.45, 2.75) is 18.8 Å². The number of halogens is 1. The van der Waals surface area contributed by atoms with E-state index in [1.54, 1.807) is 0 Å². The van der Waals surface area contributed by atoms with Crippen LogP contribution in [-0.4, -0.2) is 19.1 Å². The third-order valence-corrected chi connectivity index (χ3v) is 4.04. The van der Waals surface area contributed by atoms with Gasteiger partial charge in [0.2, 0.25) is 5.91 Å². The van der Waals surface area contributed by atoms with Gasteiger partial charge < -0.3 is 15.8 Å². The summed E-state index contributed by atoms with van der Waals surface area (Å²) < 4.78 is 5.44. The van der Waals surface area contributed by atoms with Crippen molar-refractivity contribution >= 4 is 24.0 Å². The van der Waals surface area contributed by atoms with Gasteiger partial charge in [0.15, 0.2) is 0 Å². The van der Waals surface area contributed by atoms with Crippen LogP contribution in [0.5, 0.6) is 5.75 Å². The Morgan fingerprint density at radius 1 is 1.12 bits per heavy atom. The molecule has 0 bridgehead atoms. The molecule has 0 heterocycles. The van der Waals surface area contributed by atoms with E-state index in [0.717, 1.165) is 29.8 Å². The van der Waals surface area contributed by atoms with E-state index in [2.05, 4.69) is 5.32 Å². The summed E-state index contributed by atoms with van der Waals surface area (Å²) in [6.45, 7) is 0.974. The van der Waals surface area contributed by atoms with Gasteiger partial charge in [0.1, 0.15) is 12.4 Å². The van der Waals surface area contributed by atoms with Gasteiger partial charge in [-0.2, -0.15) is 0 Å². The summed E-state index contributed by atoms with van der Waals surface area (Å²) in [5, 5.41) is 3.03. The Morgan fingerprint density at radius 3 is 2.38 bits per heavy atom. The van der Waals surface area contributed by atoms with Crippen molar-refractivity contribution in [1.29, 1.82) is 0 Å². The van der Waals surface area contributed by atoms with Gasteiger partial charge in [0.25, 0.3) is 0 Å². The minimum absolute atomic E-state index is 0. The quantitative estimate of drug-likeness (QED) is 0.805. The second-order valence-corrected chi connectivity index (χ2v) is 5.88. The molecule has 1 unspecified atom stereocenters. The van der Waals surface area contributed by atoms with Gasteiger partial charge in [0.05, 0.1) is 5.92 Å². The van der Waals surface area contributed by atoms with Gasteiger partial charge in [-0.15, -0.1) is 12.4 Å². The molecule has 0 radical (unpaired) electrons. The predicted molar refractivity (Wildman–Crippen MR) is 98.8 cm³/mol. The van der Waals surface area contributed by atoms with Crippen LogP contribution in [0.1, 0.15) is 24.3 Å². The average Bonchev–Trinajstić information content (AvgIpc) is 3.40. The second-order valence-electron chi connectivity index (χ2n) is 5.88. The summed E-state index contributed by atoms with van der Waals surface area (Å²) in [4.78, 5) is 12.7. The number of ether oxygens (including phenoxy) is 1. The van der Waals surface area contributed by atoms with Crippen molar-refractivity contribution < 1.29 is 9.53 Å². The molecule has 4 nitrogen and oxygen atoms in total. The van der Waals surface area contributed by atoms with E-state index in [-0.39, 0.29) is 24.2 Å². The van der Waals surface area contributed by atoms with Gasteiger partial charge in [-0.3, -0.25) is 4.79 Å². The van der Waals surface area contributed by atoms with Gasteiger partial charge >= 0.3 is 0 Å². The standard InChI is InChI=1S/C19H22N2O2.ClH/c20-12-13-23-17-10-8-16(9-11-17)21-19(22)18(15-6-7-15)14-4-2-1-3-5-14;/h1-5,8-11,15,18H,6-7,12-13,20H2,(H,21,22);1H. The van der Waals surface area contributed by atoms with Crippen LogP contribution >= 0.6 is 12.4 Å². The first-order valence-electron chi connectivity index (χ1n) is 8.06. The van der Waals surface area contributed by atoms with E-state index >= 15 is 0 Å². The maximum absolute atomic E-state index is 12.7. The maximum atomic E-state index is 12.7. The van der Waals surface area contributed by atoms with E-state index in [4.69, 9.17) is 10.5 Å². The predicted octanol–water partition coefficient (Wildman–Crippen LogP) is 3.58. The molecule has 2 aromatic carbocycles. The molecule has 0 spiro atoms. The molecule has 3 N–H and O–H groups in total. The highest BCUT2D eigenvalue weighted by atomic mass is 35.5. The Labute approximate surface area is 148 Å². The number of nitrogens with one attached hydrogen (secondary N) is 1. The molecule has 1 fully saturated rings. The highest BCUT2D eigenvalue weighted by Crippen LogP contribution is 2.43. The van der Waals surface area contributed by atoms with Crippen LogP contribution in [0.2, 0.25) is 0 Å². The molecule has 1 saturated carbocycles. The smallest absolute Gasteiger partial charge is 0.232 e. The van der Waals surface area contributed by atoms with Crippen LogP contribution in [-0.2, 0) is 4.79 Å². The van der Waals surface area contributed by atoms with Gasteiger partial charge in [-0.1, -0.05) is 30.3 Å². The van der Waals surface area contributed by atoms with Crippen molar-refractivity contribution in [2.75, 3.05) is 18.5 Å². The SMILES string of the molecule is Cl.NCCOc1ccc(NC(=O)C(c2ccccc2)C2CC2)cc1. The first-order valence-corrected chi connectivity index (χ1v) is 8.06. The summed E-state index contributed by atoms with van der Waals surface area (Å²) in [5.41, 5.74) is 7.29. The van der Waals surface area contributed by atoms with Gasteiger partial charge in [-0.25, -0.2) is 0 Å². The van der Waals surface area contributed by atoms with Crippen molar-refractivity contribution in [2.24, 2.45) is 11.7 Å². The summed E-state index contributed by atoms with van der Waals surface area (Å²) in [6, 6.07) is 17.4. The van der Waals surface area contributed by atoms with Crippen LogP contribution in [0.3, 0.4) is 0 Å². The molecular formula is C19H23ClN2O2. The van der Waals surface area contributed by atoms with E-state index in [0.29, 0.717) is 19.1 Å². The van der Waals surface area contributed by atoms with Crippen molar-refractivity contribution in [1.82, 2.24) is 0 Å². The molecule has 1 aliphatic carbocycles. The maximum Gasteiger partial charge on any atom is 0.232 e. The summed E-state index contributed by atoms with van der Waals surface area (Å²) in [6.07, 6.45) is 2.25. The number of rotatable bonds is 7. The molecule has 2 aromatic rings. The number of anilines is 1. The highest BCUT2D eigenvalue weighted by molar-refractivity contribution is 5.96. The van der Waals surface area contributed by atoms with E-state index in [9.17, 15) is 4.79 Å². The zero-order valence-electron chi connectivity index (χ0n) is 13.5. The molecule has 1 aliphatic rings. The van der Waals surface area contributed by atoms with Crippen LogP contribution in [0.4, 0.5) is 5.69 Å². The molecule has 3 rings (SSSR count). The van der Waals surface area contributed by atoms with Crippen molar-refractivity contribution in [3.63, 3.8) is 0 Å². The summed E-state index contributed by atoms with van der Waals surface area (Å²) in [7, 11) is 0. The number of hydrogen-bond acceptors (Lipinski definition) is 3. The van der Waals surface area contributed by atoms with Gasteiger partial charge in [-0.05, 0) is 48.6 Å². The Kier molecular flexibility index (Phi) is 6.64. The monoisotopic (exact) mass is 346 g/mol. The Hall–Kier alpha value is -2.04. The fraction of sp³-hybridized carbons (Fsp3) is 0.316. The molecular weight excluding hydrogens is 324 g/mol. The number of benzene rings is 2. The molecule has 24 heavy (non-hydrogen) atoms. The fourth-order valence-electron chi connectivity index (χ4n) is 2.76. The van der Waals surface area contributed by atoms with E-state index < -0.39 is 0 Å². The van der Waals surface area contributed by atoms with Crippen LogP contribution < -0.4 is 15.8 Å². The molecule has 5 heteroatoms. The Morgan fingerprint density at radius 2 is 1.79 bits per heavy atom. The molecule has 0 aliphatic heterocycles. The molecule has 0 aromatic heterocycles. The first-order chi connectivity index (χ1) is 11.3. The lowest BCUT2D eigenvalue weighted by molar-refractivity contribution is -0.118. The van der Waals surface area contributed by atoms with Crippen molar-refractivity contribution in [3.05, 3.63) is 60.2 Å². The highest BCUT2D eigenvalue weighted by Gasteiger charge is 2.37. The third kappa shape index (κ3) is 4.73. The lowest BCUT2D eigenvalue weighted by Gasteiger charge is -2.17. The first kappa shape index (κ1) is 18.3. The number of carbonyl (C=O) groups excluding carboxylic acids is 1. The second kappa shape index (κ2) is 8.71. The largest absolute Gasteiger partial charge is 0.492 e. The molecule has 128 valence electrons. The zero-order valence-corrected chi connectivity index (χ0v) is 14.3. The normalized spacial score (nSPS) is 14.4. The van der Waals surface area contributed by atoms with Crippen molar-refractivity contribution in [3.8, 4) is 5.75 Å². The number of carbonyl (C=O) groups is 1. The van der Waals surface area contributed by atoms with Crippen LogP contribution in [0, 0.1) is 5.92 Å². The molecule has 0 saturated heterocycles. The number of nitrogens with two attached hydrogens (primary N) is 1. The minimum atomic E-state index is -0.0654. The van der Waals surface area contributed by atoms with Crippen LogP contribution in [0.25, 0.3) is 0 Å². The number of hydrogen-bond donors (Lipinski definition) is 2. The molecule has 1 amide bonds.